The summed E-state index contributed by atoms with van der Waals surface area (Å²) in [6, 6.07) is 11.8. The second kappa shape index (κ2) is 8.13. The molecule has 0 aliphatic carbocycles. The summed E-state index contributed by atoms with van der Waals surface area (Å²) in [5, 5.41) is 0.832. The highest BCUT2D eigenvalue weighted by molar-refractivity contribution is 6.31. The second-order valence-corrected chi connectivity index (χ2v) is 8.24. The third-order valence-corrected chi connectivity index (χ3v) is 5.67. The molecule has 2 aromatic carbocycles. The van der Waals surface area contributed by atoms with E-state index in [1.807, 2.05) is 24.3 Å². The molecule has 6 nitrogen and oxygen atoms in total. The second-order valence-electron chi connectivity index (χ2n) is 7.80. The maximum absolute atomic E-state index is 13.4. The number of carbonyl (C=O) groups excluding carboxylic acids is 1. The standard InChI is InChI=1S/C23H23ClN2O4/c1-25(2)11-4-12-26-20(14-5-8-16(29-3)9-6-14)19-21(27)17-13-15(24)7-10-18(17)30-22(19)23(26)28/h5-10,13,20H,4,11-12H2,1-3H3/p+1/t20-/m0/s1. The number of rotatable bonds is 6. The Morgan fingerprint density at radius 1 is 1.13 bits per heavy atom. The lowest BCUT2D eigenvalue weighted by atomic mass is 9.98. The molecule has 1 amide bonds. The molecule has 30 heavy (non-hydrogen) atoms. The molecule has 0 fully saturated rings. The van der Waals surface area contributed by atoms with Crippen molar-refractivity contribution in [2.24, 2.45) is 0 Å². The first-order valence-electron chi connectivity index (χ1n) is 9.91. The van der Waals surface area contributed by atoms with Gasteiger partial charge in [0.25, 0.3) is 5.91 Å². The van der Waals surface area contributed by atoms with E-state index in [0.717, 1.165) is 18.5 Å². The maximum Gasteiger partial charge on any atom is 0.290 e. The zero-order valence-electron chi connectivity index (χ0n) is 17.2. The van der Waals surface area contributed by atoms with Crippen LogP contribution in [0.2, 0.25) is 5.02 Å². The Balaban J connectivity index is 1.86. The number of hydrogen-bond acceptors (Lipinski definition) is 4. The Labute approximate surface area is 179 Å². The summed E-state index contributed by atoms with van der Waals surface area (Å²) in [7, 11) is 5.75. The SMILES string of the molecule is COc1ccc([C@H]2c3c(oc4ccc(Cl)cc4c3=O)C(=O)N2CCC[NH+](C)C)cc1. The van der Waals surface area contributed by atoms with Crippen LogP contribution in [0.3, 0.4) is 0 Å². The zero-order chi connectivity index (χ0) is 21.4. The number of fused-ring (bicyclic) bond motifs is 2. The monoisotopic (exact) mass is 427 g/mol. The van der Waals surface area contributed by atoms with Gasteiger partial charge >= 0.3 is 0 Å². The van der Waals surface area contributed by atoms with Gasteiger partial charge in [0.15, 0.2) is 5.43 Å². The Morgan fingerprint density at radius 2 is 1.87 bits per heavy atom. The number of hydrogen-bond donors (Lipinski definition) is 1. The largest absolute Gasteiger partial charge is 0.497 e. The number of quaternary nitrogens is 1. The number of carbonyl (C=O) groups is 1. The predicted molar refractivity (Wildman–Crippen MR) is 116 cm³/mol. The van der Waals surface area contributed by atoms with Crippen molar-refractivity contribution >= 4 is 28.5 Å². The molecule has 2 heterocycles. The maximum atomic E-state index is 13.4. The first-order valence-corrected chi connectivity index (χ1v) is 10.3. The van der Waals surface area contributed by atoms with Gasteiger partial charge in [-0.25, -0.2) is 0 Å². The van der Waals surface area contributed by atoms with Gasteiger partial charge in [-0.15, -0.1) is 0 Å². The molecule has 0 spiro atoms. The highest BCUT2D eigenvalue weighted by Gasteiger charge is 2.42. The molecule has 156 valence electrons. The van der Waals surface area contributed by atoms with Crippen molar-refractivity contribution in [1.29, 1.82) is 0 Å². The first kappa shape index (κ1) is 20.4. The van der Waals surface area contributed by atoms with Crippen LogP contribution < -0.4 is 15.1 Å². The smallest absolute Gasteiger partial charge is 0.290 e. The van der Waals surface area contributed by atoms with Crippen molar-refractivity contribution in [2.45, 2.75) is 12.5 Å². The zero-order valence-corrected chi connectivity index (χ0v) is 18.0. The lowest BCUT2D eigenvalue weighted by Crippen LogP contribution is -3.05. The fourth-order valence-electron chi connectivity index (χ4n) is 3.96. The minimum atomic E-state index is -0.504. The highest BCUT2D eigenvalue weighted by Crippen LogP contribution is 2.38. The Hall–Kier alpha value is -2.83. The van der Waals surface area contributed by atoms with E-state index in [-0.39, 0.29) is 17.1 Å². The van der Waals surface area contributed by atoms with E-state index in [4.69, 9.17) is 20.8 Å². The number of nitrogens with one attached hydrogen (secondary N) is 1. The van der Waals surface area contributed by atoms with E-state index in [9.17, 15) is 9.59 Å². The van der Waals surface area contributed by atoms with Crippen molar-refractivity contribution in [1.82, 2.24) is 4.90 Å². The van der Waals surface area contributed by atoms with Crippen LogP contribution in [0.15, 0.2) is 51.7 Å². The third-order valence-electron chi connectivity index (χ3n) is 5.44. The summed E-state index contributed by atoms with van der Waals surface area (Å²) < 4.78 is 11.2. The summed E-state index contributed by atoms with van der Waals surface area (Å²) in [4.78, 5) is 29.7. The van der Waals surface area contributed by atoms with E-state index >= 15 is 0 Å². The number of nitrogens with zero attached hydrogens (tertiary/aromatic N) is 1. The van der Waals surface area contributed by atoms with Gasteiger partial charge in [-0.2, -0.15) is 0 Å². The number of benzene rings is 2. The minimum absolute atomic E-state index is 0.118. The fourth-order valence-corrected chi connectivity index (χ4v) is 4.13. The number of halogens is 1. The van der Waals surface area contributed by atoms with Gasteiger partial charge in [0.05, 0.1) is 44.7 Å². The van der Waals surface area contributed by atoms with E-state index < -0.39 is 6.04 Å². The van der Waals surface area contributed by atoms with E-state index in [0.29, 0.717) is 33.8 Å². The van der Waals surface area contributed by atoms with Gasteiger partial charge in [-0.1, -0.05) is 23.7 Å². The summed E-state index contributed by atoms with van der Waals surface area (Å²) in [6.45, 7) is 1.44. The molecule has 0 bridgehead atoms. The molecule has 1 aliphatic heterocycles. The topological polar surface area (TPSA) is 64.2 Å². The summed E-state index contributed by atoms with van der Waals surface area (Å²) in [5.74, 6) is 0.574. The number of ether oxygens (including phenoxy) is 1. The predicted octanol–water partition coefficient (Wildman–Crippen LogP) is 2.53. The van der Waals surface area contributed by atoms with E-state index in [1.54, 1.807) is 30.2 Å². The molecule has 4 rings (SSSR count). The minimum Gasteiger partial charge on any atom is -0.497 e. The molecular formula is C23H24ClN2O4+. The fraction of sp³-hybridized carbons (Fsp3) is 0.304. The molecule has 1 atom stereocenters. The van der Waals surface area contributed by atoms with Crippen LogP contribution in [0.25, 0.3) is 11.0 Å². The van der Waals surface area contributed by atoms with Gasteiger partial charge in [-0.05, 0) is 35.9 Å². The number of methoxy groups -OCH3 is 1. The molecule has 0 saturated carbocycles. The average molecular weight is 428 g/mol. The molecule has 0 unspecified atom stereocenters. The van der Waals surface area contributed by atoms with Crippen LogP contribution >= 0.6 is 11.6 Å². The van der Waals surface area contributed by atoms with Crippen molar-refractivity contribution in [2.75, 3.05) is 34.3 Å². The van der Waals surface area contributed by atoms with E-state index in [1.165, 1.54) is 4.90 Å². The molecule has 3 aromatic rings. The molecule has 0 saturated heterocycles. The molecule has 1 aliphatic rings. The van der Waals surface area contributed by atoms with Crippen LogP contribution in [0.5, 0.6) is 5.75 Å². The third kappa shape index (κ3) is 3.57. The molecular weight excluding hydrogens is 404 g/mol. The Morgan fingerprint density at radius 3 is 2.53 bits per heavy atom. The molecule has 0 radical (unpaired) electrons. The average Bonchev–Trinajstić information content (AvgIpc) is 3.01. The Bertz CT molecular complexity index is 1150. The van der Waals surface area contributed by atoms with Crippen molar-refractivity contribution < 1.29 is 18.8 Å². The lowest BCUT2D eigenvalue weighted by molar-refractivity contribution is -0.858. The summed E-state index contributed by atoms with van der Waals surface area (Å²) >= 11 is 6.11. The highest BCUT2D eigenvalue weighted by atomic mass is 35.5. The summed E-state index contributed by atoms with van der Waals surface area (Å²) in [5.41, 5.74) is 1.36. The quantitative estimate of drug-likeness (QED) is 0.656. The van der Waals surface area contributed by atoms with Gasteiger partial charge in [0.2, 0.25) is 5.76 Å². The molecule has 1 aromatic heterocycles. The lowest BCUT2D eigenvalue weighted by Gasteiger charge is -2.25. The first-order chi connectivity index (χ1) is 14.4. The van der Waals surface area contributed by atoms with Crippen LogP contribution in [0, 0.1) is 0 Å². The van der Waals surface area contributed by atoms with E-state index in [2.05, 4.69) is 14.1 Å². The molecule has 7 heteroatoms. The Kier molecular flexibility index (Phi) is 5.54. The molecule has 1 N–H and O–H groups in total. The number of amides is 1. The van der Waals surface area contributed by atoms with Gasteiger partial charge in [0.1, 0.15) is 11.3 Å². The van der Waals surface area contributed by atoms with Crippen molar-refractivity contribution in [3.05, 3.63) is 74.6 Å². The van der Waals surface area contributed by atoms with Crippen molar-refractivity contribution in [3.63, 3.8) is 0 Å². The van der Waals surface area contributed by atoms with Crippen LogP contribution in [0.1, 0.15) is 34.1 Å². The van der Waals surface area contributed by atoms with Crippen LogP contribution in [0.4, 0.5) is 0 Å². The normalized spacial score (nSPS) is 15.8. The summed E-state index contributed by atoms with van der Waals surface area (Å²) in [6.07, 6.45) is 0.814. The van der Waals surface area contributed by atoms with Gasteiger partial charge in [0, 0.05) is 18.0 Å². The van der Waals surface area contributed by atoms with Crippen LogP contribution in [-0.2, 0) is 0 Å². The van der Waals surface area contributed by atoms with Gasteiger partial charge in [-0.3, -0.25) is 9.59 Å². The van der Waals surface area contributed by atoms with Gasteiger partial charge < -0.3 is 19.0 Å². The van der Waals surface area contributed by atoms with Crippen LogP contribution in [-0.4, -0.2) is 45.1 Å². The van der Waals surface area contributed by atoms with Crippen molar-refractivity contribution in [3.8, 4) is 5.75 Å².